The predicted octanol–water partition coefficient (Wildman–Crippen LogP) is 4.08. The number of rotatable bonds is 7. The lowest BCUT2D eigenvalue weighted by atomic mass is 9.96. The summed E-state index contributed by atoms with van der Waals surface area (Å²) < 4.78 is 34.0. The minimum atomic E-state index is -3.54. The molecule has 1 aliphatic rings. The Hall–Kier alpha value is -1.90. The van der Waals surface area contributed by atoms with Crippen molar-refractivity contribution in [3.8, 4) is 5.75 Å². The first-order valence-corrected chi connectivity index (χ1v) is 11.5. The van der Waals surface area contributed by atoms with Gasteiger partial charge in [0.2, 0.25) is 10.0 Å². The molecule has 0 aromatic heterocycles. The molecule has 1 aliphatic carbocycles. The highest BCUT2D eigenvalue weighted by atomic mass is 79.9. The molecule has 3 rings (SSSR count). The summed E-state index contributed by atoms with van der Waals surface area (Å²) in [6.07, 6.45) is 5.04. The van der Waals surface area contributed by atoms with E-state index in [2.05, 4.69) is 26.0 Å². The molecule has 0 unspecified atom stereocenters. The Labute approximate surface area is 173 Å². The maximum absolute atomic E-state index is 12.5. The average Bonchev–Trinajstić information content (AvgIpc) is 2.69. The van der Waals surface area contributed by atoms with Gasteiger partial charge in [0.15, 0.2) is 6.61 Å². The van der Waals surface area contributed by atoms with E-state index in [1.807, 2.05) is 18.2 Å². The molecule has 0 spiro atoms. The van der Waals surface area contributed by atoms with Crippen LogP contribution in [0.25, 0.3) is 0 Å². The first kappa shape index (κ1) is 20.8. The van der Waals surface area contributed by atoms with Crippen molar-refractivity contribution >= 4 is 37.5 Å². The SMILES string of the molecule is O=C(COc1ccc(S(=O)(=O)NC2CCCCC2)cc1)Nc1ccccc1Br. The number of carbonyl (C=O) groups is 1. The molecule has 0 bridgehead atoms. The van der Waals surface area contributed by atoms with Crippen LogP contribution in [0.5, 0.6) is 5.75 Å². The Morgan fingerprint density at radius 2 is 1.71 bits per heavy atom. The molecule has 0 saturated heterocycles. The summed E-state index contributed by atoms with van der Waals surface area (Å²) in [5.74, 6) is 0.126. The molecule has 6 nitrogen and oxygen atoms in total. The van der Waals surface area contributed by atoms with Crippen LogP contribution >= 0.6 is 15.9 Å². The summed E-state index contributed by atoms with van der Waals surface area (Å²) in [6.45, 7) is -0.173. The van der Waals surface area contributed by atoms with Gasteiger partial charge in [-0.15, -0.1) is 0 Å². The maximum Gasteiger partial charge on any atom is 0.262 e. The van der Waals surface area contributed by atoms with Gasteiger partial charge in [-0.2, -0.15) is 0 Å². The number of halogens is 1. The zero-order valence-electron chi connectivity index (χ0n) is 15.4. The van der Waals surface area contributed by atoms with E-state index in [0.717, 1.165) is 30.2 Å². The summed E-state index contributed by atoms with van der Waals surface area (Å²) in [5.41, 5.74) is 0.659. The summed E-state index contributed by atoms with van der Waals surface area (Å²) in [5, 5.41) is 2.74. The first-order chi connectivity index (χ1) is 13.4. The van der Waals surface area contributed by atoms with Gasteiger partial charge in [-0.05, 0) is 65.2 Å². The molecule has 1 saturated carbocycles. The van der Waals surface area contributed by atoms with E-state index in [9.17, 15) is 13.2 Å². The highest BCUT2D eigenvalue weighted by Gasteiger charge is 2.21. The number of hydrogen-bond acceptors (Lipinski definition) is 4. The lowest BCUT2D eigenvalue weighted by Crippen LogP contribution is -2.36. The van der Waals surface area contributed by atoms with E-state index in [1.165, 1.54) is 18.6 Å². The van der Waals surface area contributed by atoms with Crippen LogP contribution in [0.3, 0.4) is 0 Å². The van der Waals surface area contributed by atoms with Gasteiger partial charge in [0.05, 0.1) is 10.6 Å². The molecule has 150 valence electrons. The summed E-state index contributed by atoms with van der Waals surface area (Å²) in [6, 6.07) is 13.4. The normalized spacial score (nSPS) is 15.2. The van der Waals surface area contributed by atoms with Gasteiger partial charge in [-0.3, -0.25) is 4.79 Å². The van der Waals surface area contributed by atoms with Gasteiger partial charge < -0.3 is 10.1 Å². The number of para-hydroxylation sites is 1. The number of benzene rings is 2. The third kappa shape index (κ3) is 5.80. The van der Waals surface area contributed by atoms with Crippen molar-refractivity contribution in [1.82, 2.24) is 4.72 Å². The summed E-state index contributed by atoms with van der Waals surface area (Å²) >= 11 is 3.36. The molecule has 1 amide bonds. The lowest BCUT2D eigenvalue weighted by molar-refractivity contribution is -0.118. The Balaban J connectivity index is 1.53. The molecule has 2 aromatic carbocycles. The highest BCUT2D eigenvalue weighted by Crippen LogP contribution is 2.22. The Morgan fingerprint density at radius 3 is 2.39 bits per heavy atom. The second-order valence-corrected chi connectivity index (χ2v) is 9.31. The van der Waals surface area contributed by atoms with Crippen LogP contribution in [0.2, 0.25) is 0 Å². The number of hydrogen-bond donors (Lipinski definition) is 2. The molecule has 0 atom stereocenters. The molecular formula is C20H23BrN2O4S. The molecule has 8 heteroatoms. The summed E-state index contributed by atoms with van der Waals surface area (Å²) in [4.78, 5) is 12.2. The number of anilines is 1. The quantitative estimate of drug-likeness (QED) is 0.643. The van der Waals surface area contributed by atoms with Crippen molar-refractivity contribution in [2.75, 3.05) is 11.9 Å². The zero-order valence-corrected chi connectivity index (χ0v) is 17.8. The van der Waals surface area contributed by atoms with Gasteiger partial charge in [0, 0.05) is 10.5 Å². The standard InChI is InChI=1S/C20H23BrN2O4S/c21-18-8-4-5-9-19(18)22-20(24)14-27-16-10-12-17(13-11-16)28(25,26)23-15-6-2-1-3-7-15/h4-5,8-13,15,23H,1-3,6-7,14H2,(H,22,24). The molecule has 0 radical (unpaired) electrons. The fraction of sp³-hybridized carbons (Fsp3) is 0.350. The zero-order chi connectivity index (χ0) is 20.0. The van der Waals surface area contributed by atoms with Crippen molar-refractivity contribution in [3.05, 3.63) is 53.0 Å². The average molecular weight is 467 g/mol. The van der Waals surface area contributed by atoms with Crippen LogP contribution in [0.15, 0.2) is 57.9 Å². The van der Waals surface area contributed by atoms with Gasteiger partial charge in [0.25, 0.3) is 5.91 Å². The van der Waals surface area contributed by atoms with Crippen molar-refractivity contribution in [1.29, 1.82) is 0 Å². The van der Waals surface area contributed by atoms with Crippen molar-refractivity contribution in [3.63, 3.8) is 0 Å². The minimum Gasteiger partial charge on any atom is -0.484 e. The molecule has 1 fully saturated rings. The third-order valence-corrected chi connectivity index (χ3v) is 6.81. The molecule has 0 aliphatic heterocycles. The van der Waals surface area contributed by atoms with Crippen LogP contribution in [-0.2, 0) is 14.8 Å². The van der Waals surface area contributed by atoms with E-state index in [0.29, 0.717) is 11.4 Å². The van der Waals surface area contributed by atoms with Crippen molar-refractivity contribution < 1.29 is 17.9 Å². The van der Waals surface area contributed by atoms with E-state index in [4.69, 9.17) is 4.74 Å². The second-order valence-electron chi connectivity index (χ2n) is 6.74. The smallest absolute Gasteiger partial charge is 0.262 e. The van der Waals surface area contributed by atoms with E-state index in [1.54, 1.807) is 18.2 Å². The largest absolute Gasteiger partial charge is 0.484 e. The summed E-state index contributed by atoms with van der Waals surface area (Å²) in [7, 11) is -3.54. The fourth-order valence-corrected chi connectivity index (χ4v) is 4.81. The topological polar surface area (TPSA) is 84.5 Å². The highest BCUT2D eigenvalue weighted by molar-refractivity contribution is 9.10. The Morgan fingerprint density at radius 1 is 1.04 bits per heavy atom. The molecule has 2 N–H and O–H groups in total. The molecule has 28 heavy (non-hydrogen) atoms. The number of sulfonamides is 1. The Bertz CT molecular complexity index is 910. The monoisotopic (exact) mass is 466 g/mol. The number of nitrogens with one attached hydrogen (secondary N) is 2. The fourth-order valence-electron chi connectivity index (χ4n) is 3.12. The van der Waals surface area contributed by atoms with Crippen LogP contribution in [-0.4, -0.2) is 27.0 Å². The molecule has 0 heterocycles. The predicted molar refractivity (Wildman–Crippen MR) is 112 cm³/mol. The molecule has 2 aromatic rings. The van der Waals surface area contributed by atoms with Gasteiger partial charge in [0.1, 0.15) is 5.75 Å². The van der Waals surface area contributed by atoms with Crippen LogP contribution in [0, 0.1) is 0 Å². The van der Waals surface area contributed by atoms with E-state index in [-0.39, 0.29) is 23.5 Å². The number of carbonyl (C=O) groups excluding carboxylic acids is 1. The van der Waals surface area contributed by atoms with Crippen molar-refractivity contribution in [2.24, 2.45) is 0 Å². The van der Waals surface area contributed by atoms with E-state index < -0.39 is 10.0 Å². The minimum absolute atomic E-state index is 0.00989. The van der Waals surface area contributed by atoms with Crippen LogP contribution in [0.4, 0.5) is 5.69 Å². The Kier molecular flexibility index (Phi) is 7.09. The first-order valence-electron chi connectivity index (χ1n) is 9.23. The number of amides is 1. The lowest BCUT2D eigenvalue weighted by Gasteiger charge is -2.22. The number of ether oxygens (including phenoxy) is 1. The molecular weight excluding hydrogens is 444 g/mol. The van der Waals surface area contributed by atoms with Crippen LogP contribution in [0.1, 0.15) is 32.1 Å². The van der Waals surface area contributed by atoms with Gasteiger partial charge in [-0.25, -0.2) is 13.1 Å². The van der Waals surface area contributed by atoms with E-state index >= 15 is 0 Å². The second kappa shape index (κ2) is 9.54. The van der Waals surface area contributed by atoms with Crippen LogP contribution < -0.4 is 14.8 Å². The van der Waals surface area contributed by atoms with Gasteiger partial charge in [-0.1, -0.05) is 31.4 Å². The van der Waals surface area contributed by atoms with Gasteiger partial charge >= 0.3 is 0 Å². The maximum atomic E-state index is 12.5. The van der Waals surface area contributed by atoms with Crippen molar-refractivity contribution in [2.45, 2.75) is 43.0 Å². The third-order valence-electron chi connectivity index (χ3n) is 4.58.